The molecule has 0 aliphatic rings. The third kappa shape index (κ3) is 5.69. The van der Waals surface area contributed by atoms with Crippen molar-refractivity contribution in [2.24, 2.45) is 0 Å². The van der Waals surface area contributed by atoms with E-state index in [1.54, 1.807) is 0 Å². The van der Waals surface area contributed by atoms with Gasteiger partial charge in [-0.1, -0.05) is 62.8 Å². The lowest BCUT2D eigenvalue weighted by Gasteiger charge is -2.20. The second-order valence-corrected chi connectivity index (χ2v) is 6.80. The first-order valence-corrected chi connectivity index (χ1v) is 9.79. The lowest BCUT2D eigenvalue weighted by Crippen LogP contribution is -2.04. The quantitative estimate of drug-likeness (QED) is 0.243. The number of allylic oxidation sites excluding steroid dienone is 6. The molecule has 1 N–H and O–H groups in total. The maximum atomic E-state index is 7.70. The summed E-state index contributed by atoms with van der Waals surface area (Å²) in [5.41, 5.74) is 8.90. The SMILES string of the molecule is C=CCCc1cccc(C(=C)/C(CC)=C(\C)CCC)c1C/C(C=N)=C/C. The summed E-state index contributed by atoms with van der Waals surface area (Å²) in [5, 5.41) is 7.70. The maximum absolute atomic E-state index is 7.70. The second-order valence-electron chi connectivity index (χ2n) is 6.80. The van der Waals surface area contributed by atoms with Crippen LogP contribution in [-0.4, -0.2) is 6.21 Å². The molecule has 140 valence electrons. The molecule has 0 aliphatic carbocycles. The van der Waals surface area contributed by atoms with Gasteiger partial charge in [-0.05, 0) is 79.4 Å². The van der Waals surface area contributed by atoms with Gasteiger partial charge in [0, 0.05) is 6.21 Å². The largest absolute Gasteiger partial charge is 0.308 e. The van der Waals surface area contributed by atoms with Gasteiger partial charge in [0.2, 0.25) is 0 Å². The van der Waals surface area contributed by atoms with E-state index >= 15 is 0 Å². The molecule has 0 saturated carbocycles. The van der Waals surface area contributed by atoms with Crippen LogP contribution in [0.15, 0.2) is 60.2 Å². The van der Waals surface area contributed by atoms with Gasteiger partial charge in [-0.3, -0.25) is 0 Å². The molecule has 1 aromatic rings. The molecule has 1 nitrogen and oxygen atoms in total. The van der Waals surface area contributed by atoms with Crippen LogP contribution in [0, 0.1) is 5.41 Å². The van der Waals surface area contributed by atoms with Crippen molar-refractivity contribution in [3.8, 4) is 0 Å². The molecule has 0 aliphatic heterocycles. The lowest BCUT2D eigenvalue weighted by atomic mass is 9.85. The van der Waals surface area contributed by atoms with Gasteiger partial charge in [-0.25, -0.2) is 0 Å². The summed E-state index contributed by atoms with van der Waals surface area (Å²) in [5.74, 6) is 0. The highest BCUT2D eigenvalue weighted by atomic mass is 14.3. The standard InChI is InChI=1S/C25H35N/c1-7-11-14-22-15-12-16-24(25(22)17-21(9-3)18-26)20(6)23(10-4)19(5)13-8-2/h7,9,12,15-16,18,26H,1,6,8,10-11,13-14,17H2,2-5H3/b21-9-,23-19+,26-18?. The normalized spacial score (nSPS) is 12.5. The van der Waals surface area contributed by atoms with Crippen molar-refractivity contribution < 1.29 is 0 Å². The van der Waals surface area contributed by atoms with Gasteiger partial charge in [0.15, 0.2) is 0 Å². The van der Waals surface area contributed by atoms with Gasteiger partial charge >= 0.3 is 0 Å². The van der Waals surface area contributed by atoms with Crippen LogP contribution in [0.25, 0.3) is 5.57 Å². The Bertz CT molecular complexity index is 701. The van der Waals surface area contributed by atoms with E-state index in [0.717, 1.165) is 49.7 Å². The number of hydrogen-bond donors (Lipinski definition) is 1. The number of benzene rings is 1. The molecule has 0 fully saturated rings. The van der Waals surface area contributed by atoms with Crippen LogP contribution in [0.5, 0.6) is 0 Å². The molecule has 26 heavy (non-hydrogen) atoms. The number of aryl methyl sites for hydroxylation is 1. The molecular weight excluding hydrogens is 314 g/mol. The summed E-state index contributed by atoms with van der Waals surface area (Å²) >= 11 is 0. The lowest BCUT2D eigenvalue weighted by molar-refractivity contribution is 0.885. The minimum Gasteiger partial charge on any atom is -0.308 e. The summed E-state index contributed by atoms with van der Waals surface area (Å²) in [7, 11) is 0. The Morgan fingerprint density at radius 2 is 1.96 bits per heavy atom. The van der Waals surface area contributed by atoms with Crippen LogP contribution in [0.2, 0.25) is 0 Å². The van der Waals surface area contributed by atoms with Crippen molar-refractivity contribution in [3.05, 3.63) is 76.9 Å². The molecule has 0 heterocycles. The first-order chi connectivity index (χ1) is 12.5. The van der Waals surface area contributed by atoms with Crippen molar-refractivity contribution >= 4 is 11.8 Å². The van der Waals surface area contributed by atoms with Crippen LogP contribution in [0.3, 0.4) is 0 Å². The average Bonchev–Trinajstić information content (AvgIpc) is 2.65. The number of hydrogen-bond acceptors (Lipinski definition) is 1. The van der Waals surface area contributed by atoms with Crippen LogP contribution in [-0.2, 0) is 12.8 Å². The van der Waals surface area contributed by atoms with Crippen molar-refractivity contribution in [1.82, 2.24) is 0 Å². The van der Waals surface area contributed by atoms with E-state index in [2.05, 4.69) is 52.1 Å². The minimum absolute atomic E-state index is 0.783. The zero-order valence-corrected chi connectivity index (χ0v) is 17.1. The third-order valence-corrected chi connectivity index (χ3v) is 5.01. The van der Waals surface area contributed by atoms with Gasteiger partial charge in [0.1, 0.15) is 0 Å². The third-order valence-electron chi connectivity index (χ3n) is 5.01. The van der Waals surface area contributed by atoms with E-state index < -0.39 is 0 Å². The van der Waals surface area contributed by atoms with Gasteiger partial charge in [0.05, 0.1) is 0 Å². The summed E-state index contributed by atoms with van der Waals surface area (Å²) in [6.07, 6.45) is 11.5. The molecule has 0 atom stereocenters. The second kappa shape index (κ2) is 11.5. The molecule has 0 bridgehead atoms. The van der Waals surface area contributed by atoms with E-state index in [1.807, 2.05) is 19.1 Å². The number of nitrogens with one attached hydrogen (secondary N) is 1. The van der Waals surface area contributed by atoms with Gasteiger partial charge in [-0.15, -0.1) is 6.58 Å². The molecule has 0 spiro atoms. The van der Waals surface area contributed by atoms with E-state index in [4.69, 9.17) is 5.41 Å². The topological polar surface area (TPSA) is 23.9 Å². The molecule has 1 aromatic carbocycles. The van der Waals surface area contributed by atoms with Gasteiger partial charge < -0.3 is 5.41 Å². The van der Waals surface area contributed by atoms with Crippen LogP contribution in [0.1, 0.15) is 70.1 Å². The van der Waals surface area contributed by atoms with E-state index in [0.29, 0.717) is 0 Å². The molecule has 0 saturated heterocycles. The average molecular weight is 350 g/mol. The molecule has 0 amide bonds. The molecule has 0 aromatic heterocycles. The smallest absolute Gasteiger partial charge is 0.0209 e. The Kier molecular flexibility index (Phi) is 9.65. The highest BCUT2D eigenvalue weighted by Crippen LogP contribution is 2.33. The summed E-state index contributed by atoms with van der Waals surface area (Å²) in [4.78, 5) is 0. The molecular formula is C25H35N. The van der Waals surface area contributed by atoms with Gasteiger partial charge in [-0.2, -0.15) is 0 Å². The van der Waals surface area contributed by atoms with Crippen molar-refractivity contribution in [2.45, 2.75) is 66.2 Å². The molecule has 0 radical (unpaired) electrons. The molecule has 0 unspecified atom stereocenters. The van der Waals surface area contributed by atoms with Crippen molar-refractivity contribution in [3.63, 3.8) is 0 Å². The maximum Gasteiger partial charge on any atom is 0.0209 e. The summed E-state index contributed by atoms with van der Waals surface area (Å²) in [6.45, 7) is 17.0. The van der Waals surface area contributed by atoms with Crippen molar-refractivity contribution in [1.29, 1.82) is 5.41 Å². The monoisotopic (exact) mass is 349 g/mol. The fourth-order valence-corrected chi connectivity index (χ4v) is 3.52. The van der Waals surface area contributed by atoms with E-state index in [1.165, 1.54) is 34.1 Å². The molecule has 1 heteroatoms. The predicted molar refractivity (Wildman–Crippen MR) is 118 cm³/mol. The zero-order valence-electron chi connectivity index (χ0n) is 17.1. The highest BCUT2D eigenvalue weighted by Gasteiger charge is 2.15. The van der Waals surface area contributed by atoms with Crippen LogP contribution < -0.4 is 0 Å². The summed E-state index contributed by atoms with van der Waals surface area (Å²) < 4.78 is 0. The number of rotatable bonds is 11. The summed E-state index contributed by atoms with van der Waals surface area (Å²) in [6, 6.07) is 6.55. The Morgan fingerprint density at radius 3 is 2.50 bits per heavy atom. The fraction of sp³-hybridized carbons (Fsp3) is 0.400. The van der Waals surface area contributed by atoms with E-state index in [9.17, 15) is 0 Å². The minimum atomic E-state index is 0.783. The van der Waals surface area contributed by atoms with Crippen LogP contribution >= 0.6 is 0 Å². The van der Waals surface area contributed by atoms with Crippen molar-refractivity contribution in [2.75, 3.05) is 0 Å². The van der Waals surface area contributed by atoms with Gasteiger partial charge in [0.25, 0.3) is 0 Å². The Hall–Kier alpha value is -2.15. The Balaban J connectivity index is 3.48. The fourth-order valence-electron chi connectivity index (χ4n) is 3.52. The Labute approximate surface area is 160 Å². The van der Waals surface area contributed by atoms with Crippen LogP contribution in [0.4, 0.5) is 0 Å². The highest BCUT2D eigenvalue weighted by molar-refractivity contribution is 5.82. The predicted octanol–water partition coefficient (Wildman–Crippen LogP) is 7.48. The zero-order chi connectivity index (χ0) is 19.5. The van der Waals surface area contributed by atoms with E-state index in [-0.39, 0.29) is 0 Å². The Morgan fingerprint density at radius 1 is 1.23 bits per heavy atom. The first kappa shape index (κ1) is 21.9. The molecule has 1 rings (SSSR count). The first-order valence-electron chi connectivity index (χ1n) is 9.79.